The van der Waals surface area contributed by atoms with E-state index in [4.69, 9.17) is 4.74 Å². The van der Waals surface area contributed by atoms with Crippen LogP contribution in [0.15, 0.2) is 12.3 Å². The van der Waals surface area contributed by atoms with E-state index in [1.807, 2.05) is 20.8 Å². The van der Waals surface area contributed by atoms with Crippen LogP contribution in [0.2, 0.25) is 0 Å². The Morgan fingerprint density at radius 2 is 1.84 bits per heavy atom. The van der Waals surface area contributed by atoms with Gasteiger partial charge in [-0.15, -0.1) is 0 Å². The molecule has 0 saturated carbocycles. The van der Waals surface area contributed by atoms with Crippen LogP contribution in [0.3, 0.4) is 0 Å². The summed E-state index contributed by atoms with van der Waals surface area (Å²) in [6.45, 7) is 18.2. The number of hydrogen-bond donors (Lipinski definition) is 1. The summed E-state index contributed by atoms with van der Waals surface area (Å²) in [5.41, 5.74) is 1.03. The Morgan fingerprint density at radius 3 is 2.42 bits per heavy atom. The molecule has 0 amide bonds. The Kier molecular flexibility index (Phi) is 12.1. The Morgan fingerprint density at radius 1 is 1.21 bits per heavy atom. The van der Waals surface area contributed by atoms with Crippen LogP contribution in [0.4, 0.5) is 0 Å². The molecule has 0 aliphatic carbocycles. The molecule has 4 heteroatoms. The molecule has 116 valence electrons. The molecule has 0 spiro atoms. The van der Waals surface area contributed by atoms with E-state index in [9.17, 15) is 0 Å². The van der Waals surface area contributed by atoms with E-state index in [1.54, 1.807) is 0 Å². The lowest BCUT2D eigenvalue weighted by molar-refractivity contribution is 0.0810. The van der Waals surface area contributed by atoms with E-state index in [2.05, 4.69) is 28.7 Å². The topological polar surface area (TPSA) is 27.7 Å². The third kappa shape index (κ3) is 11.0. The fourth-order valence-electron chi connectivity index (χ4n) is 1.84. The van der Waals surface area contributed by atoms with Gasteiger partial charge in [-0.1, -0.05) is 20.4 Å². The molecule has 1 saturated heterocycles. The van der Waals surface area contributed by atoms with Crippen LogP contribution in [0.25, 0.3) is 0 Å². The van der Waals surface area contributed by atoms with Gasteiger partial charge >= 0.3 is 0 Å². The lowest BCUT2D eigenvalue weighted by Crippen LogP contribution is -2.45. The molecule has 1 rings (SSSR count). The zero-order valence-electron chi connectivity index (χ0n) is 13.4. The number of nitrogens with one attached hydrogen (secondary N) is 1. The summed E-state index contributed by atoms with van der Waals surface area (Å²) in [5, 5.41) is 3.20. The lowest BCUT2D eigenvalue weighted by atomic mass is 10.3. The van der Waals surface area contributed by atoms with Gasteiger partial charge in [0, 0.05) is 53.0 Å². The molecule has 0 bridgehead atoms. The zero-order valence-corrected chi connectivity index (χ0v) is 13.4. The molecule has 1 aliphatic rings. The highest BCUT2D eigenvalue weighted by Gasteiger charge is 2.12. The maximum absolute atomic E-state index is 5.62. The van der Waals surface area contributed by atoms with Crippen LogP contribution in [-0.2, 0) is 4.74 Å². The van der Waals surface area contributed by atoms with Crippen LogP contribution in [-0.4, -0.2) is 69.3 Å². The van der Waals surface area contributed by atoms with Gasteiger partial charge in [-0.2, -0.15) is 0 Å². The monoisotopic (exact) mass is 273 g/mol. The molecule has 1 fully saturated rings. The zero-order chi connectivity index (χ0) is 14.5. The minimum Gasteiger partial charge on any atom is -0.389 e. The number of allylic oxidation sites excluding steroid dienone is 1. The summed E-state index contributed by atoms with van der Waals surface area (Å²) in [6, 6.07) is 0. The first kappa shape index (κ1) is 18.4. The van der Waals surface area contributed by atoms with Crippen molar-refractivity contribution in [2.24, 2.45) is 0 Å². The second-order valence-electron chi connectivity index (χ2n) is 4.82. The van der Waals surface area contributed by atoms with E-state index in [-0.39, 0.29) is 1.43 Å². The van der Waals surface area contributed by atoms with Crippen molar-refractivity contribution in [1.29, 1.82) is 0 Å². The predicted octanol–water partition coefficient (Wildman–Crippen LogP) is 2.04. The molecule has 0 atom stereocenters. The van der Waals surface area contributed by atoms with Gasteiger partial charge < -0.3 is 15.0 Å². The maximum Gasteiger partial charge on any atom is 0.0593 e. The van der Waals surface area contributed by atoms with Crippen molar-refractivity contribution in [2.75, 3.05) is 59.5 Å². The molecular weight excluding hydrogens is 238 g/mol. The highest BCUT2D eigenvalue weighted by Crippen LogP contribution is 1.98. The Bertz CT molecular complexity index is 219. The van der Waals surface area contributed by atoms with Gasteiger partial charge in [-0.3, -0.25) is 4.90 Å². The third-order valence-electron chi connectivity index (χ3n) is 3.04. The van der Waals surface area contributed by atoms with Gasteiger partial charge in [0.2, 0.25) is 0 Å². The Hall–Kier alpha value is -0.580. The van der Waals surface area contributed by atoms with E-state index in [0.717, 1.165) is 38.4 Å². The summed E-state index contributed by atoms with van der Waals surface area (Å²) in [5.74, 6) is 0. The van der Waals surface area contributed by atoms with Crippen molar-refractivity contribution in [2.45, 2.75) is 27.2 Å². The predicted molar refractivity (Wildman–Crippen MR) is 85.7 cm³/mol. The van der Waals surface area contributed by atoms with Crippen molar-refractivity contribution in [3.8, 4) is 0 Å². The molecule has 1 N–H and O–H groups in total. The minimum atomic E-state index is 0. The van der Waals surface area contributed by atoms with E-state index in [0.29, 0.717) is 0 Å². The number of piperazine rings is 1. The first-order chi connectivity index (χ1) is 9.18. The first-order valence-electron chi connectivity index (χ1n) is 7.56. The summed E-state index contributed by atoms with van der Waals surface area (Å²) in [6.07, 6.45) is 1.05. The second-order valence-corrected chi connectivity index (χ2v) is 4.82. The van der Waals surface area contributed by atoms with Gasteiger partial charge in [0.15, 0.2) is 0 Å². The molecule has 0 unspecified atom stereocenters. The van der Waals surface area contributed by atoms with Crippen molar-refractivity contribution in [3.05, 3.63) is 12.3 Å². The molecule has 1 heterocycles. The van der Waals surface area contributed by atoms with Crippen molar-refractivity contribution < 1.29 is 6.16 Å². The molecular formula is C15H35N3O. The Labute approximate surface area is 121 Å². The first-order valence-corrected chi connectivity index (χ1v) is 7.56. The molecule has 4 nitrogen and oxygen atoms in total. The van der Waals surface area contributed by atoms with Gasteiger partial charge in [-0.25, -0.2) is 0 Å². The lowest BCUT2D eigenvalue weighted by Gasteiger charge is -2.32. The molecule has 0 aromatic heterocycles. The largest absolute Gasteiger partial charge is 0.389 e. The average Bonchev–Trinajstić information content (AvgIpc) is 2.42. The molecule has 1 aliphatic heterocycles. The van der Waals surface area contributed by atoms with Crippen LogP contribution < -0.4 is 5.32 Å². The van der Waals surface area contributed by atoms with Gasteiger partial charge in [0.25, 0.3) is 0 Å². The van der Waals surface area contributed by atoms with Gasteiger partial charge in [0.05, 0.1) is 6.61 Å². The highest BCUT2D eigenvalue weighted by atomic mass is 16.5. The third-order valence-corrected chi connectivity index (χ3v) is 3.04. The van der Waals surface area contributed by atoms with Crippen LogP contribution in [0.5, 0.6) is 0 Å². The molecule has 0 aromatic carbocycles. The fourth-order valence-corrected chi connectivity index (χ4v) is 1.84. The fraction of sp³-hybridized carbons (Fsp3) is 0.867. The summed E-state index contributed by atoms with van der Waals surface area (Å²) in [7, 11) is 2.18. The number of likely N-dealkylation sites (N-methyl/N-ethyl adjacent to an activating group) is 1. The standard InChI is InChI=1S/C13H27N3O.C2H6.H2/c1-13(2)14-5-4-11-17-12-10-16-8-6-15(3)7-9-16;1-2;/h14H,1,4-12H2,2-3H3;1-2H3;1H. The summed E-state index contributed by atoms with van der Waals surface area (Å²) in [4.78, 5) is 4.85. The molecule has 0 radical (unpaired) electrons. The van der Waals surface area contributed by atoms with Gasteiger partial charge in [-0.05, 0) is 20.4 Å². The number of hydrogen-bond acceptors (Lipinski definition) is 4. The maximum atomic E-state index is 5.62. The highest BCUT2D eigenvalue weighted by molar-refractivity contribution is 4.83. The van der Waals surface area contributed by atoms with Gasteiger partial charge in [0.1, 0.15) is 0 Å². The van der Waals surface area contributed by atoms with E-state index >= 15 is 0 Å². The molecule has 19 heavy (non-hydrogen) atoms. The number of ether oxygens (including phenoxy) is 1. The smallest absolute Gasteiger partial charge is 0.0593 e. The van der Waals surface area contributed by atoms with E-state index in [1.165, 1.54) is 26.2 Å². The Balaban J connectivity index is 0. The van der Waals surface area contributed by atoms with Crippen molar-refractivity contribution >= 4 is 0 Å². The van der Waals surface area contributed by atoms with E-state index < -0.39 is 0 Å². The van der Waals surface area contributed by atoms with Crippen LogP contribution in [0.1, 0.15) is 28.6 Å². The van der Waals surface area contributed by atoms with Crippen molar-refractivity contribution in [3.63, 3.8) is 0 Å². The van der Waals surface area contributed by atoms with Crippen molar-refractivity contribution in [1.82, 2.24) is 15.1 Å². The number of rotatable bonds is 8. The number of nitrogens with zero attached hydrogens (tertiary/aromatic N) is 2. The summed E-state index contributed by atoms with van der Waals surface area (Å²) >= 11 is 0. The average molecular weight is 273 g/mol. The summed E-state index contributed by atoms with van der Waals surface area (Å²) < 4.78 is 5.62. The SMILES string of the molecule is C=C(C)NCCCOCCN1CCN(C)CC1.CC.[HH]. The second kappa shape index (κ2) is 12.5. The normalized spacial score (nSPS) is 16.6. The quantitative estimate of drug-likeness (QED) is 0.685. The van der Waals surface area contributed by atoms with Crippen LogP contribution in [0, 0.1) is 0 Å². The molecule has 0 aromatic rings. The minimum absolute atomic E-state index is 0. The van der Waals surface area contributed by atoms with Crippen LogP contribution >= 0.6 is 0 Å².